The Morgan fingerprint density at radius 3 is 2.69 bits per heavy atom. The first kappa shape index (κ1) is 9.04. The van der Waals surface area contributed by atoms with E-state index in [9.17, 15) is 0 Å². The van der Waals surface area contributed by atoms with E-state index in [1.807, 2.05) is 0 Å². The van der Waals surface area contributed by atoms with Crippen molar-refractivity contribution in [3.05, 3.63) is 0 Å². The SMILES string of the molecule is CC1=NCC2CC(C)C(C)CC2N1. The Bertz CT molecular complexity index is 222. The van der Waals surface area contributed by atoms with Gasteiger partial charge in [0.05, 0.1) is 5.84 Å². The average molecular weight is 180 g/mol. The molecule has 0 aromatic rings. The monoisotopic (exact) mass is 180 g/mol. The van der Waals surface area contributed by atoms with Gasteiger partial charge in [-0.1, -0.05) is 13.8 Å². The van der Waals surface area contributed by atoms with Gasteiger partial charge in [0.15, 0.2) is 0 Å². The molecule has 1 saturated carbocycles. The van der Waals surface area contributed by atoms with E-state index >= 15 is 0 Å². The molecule has 2 heteroatoms. The van der Waals surface area contributed by atoms with Gasteiger partial charge >= 0.3 is 0 Å². The van der Waals surface area contributed by atoms with Crippen LogP contribution in [0.4, 0.5) is 0 Å². The van der Waals surface area contributed by atoms with Crippen LogP contribution < -0.4 is 5.32 Å². The lowest BCUT2D eigenvalue weighted by Crippen LogP contribution is -2.49. The number of hydrogen-bond acceptors (Lipinski definition) is 2. The Morgan fingerprint density at radius 2 is 1.92 bits per heavy atom. The fraction of sp³-hybridized carbons (Fsp3) is 0.909. The Kier molecular flexibility index (Phi) is 2.31. The summed E-state index contributed by atoms with van der Waals surface area (Å²) in [7, 11) is 0. The van der Waals surface area contributed by atoms with Crippen LogP contribution in [0, 0.1) is 17.8 Å². The van der Waals surface area contributed by atoms with E-state index in [2.05, 4.69) is 31.1 Å². The minimum atomic E-state index is 0.712. The maximum absolute atomic E-state index is 4.48. The number of amidine groups is 1. The zero-order chi connectivity index (χ0) is 9.42. The molecular weight excluding hydrogens is 160 g/mol. The molecule has 4 unspecified atom stereocenters. The molecule has 2 rings (SSSR count). The van der Waals surface area contributed by atoms with Gasteiger partial charge < -0.3 is 5.32 Å². The van der Waals surface area contributed by atoms with E-state index in [0.29, 0.717) is 6.04 Å². The second kappa shape index (κ2) is 3.32. The van der Waals surface area contributed by atoms with Crippen molar-refractivity contribution in [3.63, 3.8) is 0 Å². The van der Waals surface area contributed by atoms with Crippen molar-refractivity contribution in [3.8, 4) is 0 Å². The first-order valence-electron chi connectivity index (χ1n) is 5.44. The topological polar surface area (TPSA) is 24.4 Å². The van der Waals surface area contributed by atoms with Gasteiger partial charge in [-0.05, 0) is 37.5 Å². The third kappa shape index (κ3) is 1.72. The number of fused-ring (bicyclic) bond motifs is 1. The molecule has 0 aromatic carbocycles. The Labute approximate surface area is 80.8 Å². The molecule has 1 aliphatic carbocycles. The second-order valence-electron chi connectivity index (χ2n) is 4.86. The zero-order valence-corrected chi connectivity index (χ0v) is 8.88. The highest BCUT2D eigenvalue weighted by Crippen LogP contribution is 2.34. The smallest absolute Gasteiger partial charge is 0.0933 e. The predicted octanol–water partition coefficient (Wildman–Crippen LogP) is 2.06. The van der Waals surface area contributed by atoms with E-state index in [-0.39, 0.29) is 0 Å². The lowest BCUT2D eigenvalue weighted by Gasteiger charge is -2.41. The summed E-state index contributed by atoms with van der Waals surface area (Å²) in [6.45, 7) is 7.90. The molecule has 13 heavy (non-hydrogen) atoms. The molecule has 1 aliphatic heterocycles. The van der Waals surface area contributed by atoms with Crippen molar-refractivity contribution < 1.29 is 0 Å². The quantitative estimate of drug-likeness (QED) is 0.606. The third-order valence-corrected chi connectivity index (χ3v) is 3.80. The predicted molar refractivity (Wildman–Crippen MR) is 56.0 cm³/mol. The lowest BCUT2D eigenvalue weighted by atomic mass is 9.72. The summed E-state index contributed by atoms with van der Waals surface area (Å²) in [6.07, 6.45) is 2.69. The molecule has 2 aliphatic rings. The highest BCUT2D eigenvalue weighted by molar-refractivity contribution is 5.80. The Hall–Kier alpha value is -0.530. The maximum Gasteiger partial charge on any atom is 0.0933 e. The summed E-state index contributed by atoms with van der Waals surface area (Å²) in [5.41, 5.74) is 0. The summed E-state index contributed by atoms with van der Waals surface area (Å²) >= 11 is 0. The van der Waals surface area contributed by atoms with Crippen LogP contribution in [0.3, 0.4) is 0 Å². The number of aliphatic imine (C=N–C) groups is 1. The zero-order valence-electron chi connectivity index (χ0n) is 8.88. The molecule has 0 amide bonds. The maximum atomic E-state index is 4.48. The molecule has 2 nitrogen and oxygen atoms in total. The summed E-state index contributed by atoms with van der Waals surface area (Å²) in [5, 5.41) is 3.52. The first-order valence-corrected chi connectivity index (χ1v) is 5.44. The highest BCUT2D eigenvalue weighted by Gasteiger charge is 2.34. The Balaban J connectivity index is 2.06. The summed E-state index contributed by atoms with van der Waals surface area (Å²) in [6, 6.07) is 0.712. The van der Waals surface area contributed by atoms with Crippen LogP contribution in [0.25, 0.3) is 0 Å². The average Bonchev–Trinajstić information content (AvgIpc) is 2.08. The standard InChI is InChI=1S/C11H20N2/c1-7-4-10-6-12-9(3)13-11(10)5-8(7)2/h7-8,10-11H,4-6H2,1-3H3,(H,12,13). The van der Waals surface area contributed by atoms with Crippen LogP contribution in [-0.2, 0) is 0 Å². The molecule has 0 saturated heterocycles. The highest BCUT2D eigenvalue weighted by atomic mass is 15.1. The van der Waals surface area contributed by atoms with Crippen molar-refractivity contribution in [1.82, 2.24) is 5.32 Å². The fourth-order valence-electron chi connectivity index (χ4n) is 2.65. The van der Waals surface area contributed by atoms with Crippen molar-refractivity contribution in [2.24, 2.45) is 22.7 Å². The van der Waals surface area contributed by atoms with E-state index < -0.39 is 0 Å². The van der Waals surface area contributed by atoms with E-state index in [4.69, 9.17) is 0 Å². The molecule has 0 bridgehead atoms. The van der Waals surface area contributed by atoms with E-state index in [0.717, 1.165) is 30.1 Å². The number of rotatable bonds is 0. The lowest BCUT2D eigenvalue weighted by molar-refractivity contribution is 0.167. The van der Waals surface area contributed by atoms with E-state index in [1.165, 1.54) is 12.8 Å². The van der Waals surface area contributed by atoms with Gasteiger partial charge in [0.2, 0.25) is 0 Å². The summed E-state index contributed by atoms with van der Waals surface area (Å²) in [4.78, 5) is 4.48. The van der Waals surface area contributed by atoms with Crippen LogP contribution in [-0.4, -0.2) is 18.4 Å². The van der Waals surface area contributed by atoms with Crippen molar-refractivity contribution in [2.75, 3.05) is 6.54 Å². The largest absolute Gasteiger partial charge is 0.371 e. The summed E-state index contributed by atoms with van der Waals surface area (Å²) < 4.78 is 0. The molecule has 1 N–H and O–H groups in total. The minimum Gasteiger partial charge on any atom is -0.371 e. The molecule has 1 heterocycles. The van der Waals surface area contributed by atoms with Crippen molar-refractivity contribution >= 4 is 5.84 Å². The van der Waals surface area contributed by atoms with Crippen LogP contribution in [0.1, 0.15) is 33.6 Å². The van der Waals surface area contributed by atoms with Crippen molar-refractivity contribution in [2.45, 2.75) is 39.7 Å². The third-order valence-electron chi connectivity index (χ3n) is 3.80. The summed E-state index contributed by atoms with van der Waals surface area (Å²) in [5.74, 6) is 3.70. The second-order valence-corrected chi connectivity index (χ2v) is 4.86. The number of nitrogens with one attached hydrogen (secondary N) is 1. The molecule has 0 radical (unpaired) electrons. The van der Waals surface area contributed by atoms with Crippen molar-refractivity contribution in [1.29, 1.82) is 0 Å². The van der Waals surface area contributed by atoms with Crippen LogP contribution in [0.15, 0.2) is 4.99 Å². The van der Waals surface area contributed by atoms with Gasteiger partial charge in [-0.15, -0.1) is 0 Å². The Morgan fingerprint density at radius 1 is 1.23 bits per heavy atom. The van der Waals surface area contributed by atoms with Gasteiger partial charge in [-0.2, -0.15) is 0 Å². The molecule has 0 aromatic heterocycles. The minimum absolute atomic E-state index is 0.712. The van der Waals surface area contributed by atoms with Gasteiger partial charge in [0, 0.05) is 12.6 Å². The molecule has 1 fully saturated rings. The molecule has 4 atom stereocenters. The van der Waals surface area contributed by atoms with Crippen LogP contribution in [0.5, 0.6) is 0 Å². The van der Waals surface area contributed by atoms with Crippen LogP contribution >= 0.6 is 0 Å². The molecule has 74 valence electrons. The van der Waals surface area contributed by atoms with Gasteiger partial charge in [0.25, 0.3) is 0 Å². The van der Waals surface area contributed by atoms with Gasteiger partial charge in [0.1, 0.15) is 0 Å². The number of nitrogens with zero attached hydrogens (tertiary/aromatic N) is 1. The molecule has 0 spiro atoms. The molecular formula is C11H20N2. The van der Waals surface area contributed by atoms with E-state index in [1.54, 1.807) is 0 Å². The first-order chi connectivity index (χ1) is 6.16. The number of hydrogen-bond donors (Lipinski definition) is 1. The normalized spacial score (nSPS) is 44.7. The van der Waals surface area contributed by atoms with Gasteiger partial charge in [-0.25, -0.2) is 0 Å². The van der Waals surface area contributed by atoms with Gasteiger partial charge in [-0.3, -0.25) is 4.99 Å². The fourth-order valence-corrected chi connectivity index (χ4v) is 2.65. The van der Waals surface area contributed by atoms with Crippen LogP contribution in [0.2, 0.25) is 0 Å².